The molecule has 1 saturated heterocycles. The average Bonchev–Trinajstić information content (AvgIpc) is 3.43. The van der Waals surface area contributed by atoms with E-state index in [0.717, 1.165) is 33.3 Å². The van der Waals surface area contributed by atoms with Crippen molar-refractivity contribution in [2.45, 2.75) is 51.4 Å². The number of para-hydroxylation sites is 1. The van der Waals surface area contributed by atoms with E-state index >= 15 is 0 Å². The van der Waals surface area contributed by atoms with Gasteiger partial charge in [0, 0.05) is 37.9 Å². The number of aromatic nitrogens is 1. The zero-order valence-electron chi connectivity index (χ0n) is 23.5. The van der Waals surface area contributed by atoms with Crippen LogP contribution < -0.4 is 14.4 Å². The average molecular weight is 615 g/mol. The van der Waals surface area contributed by atoms with Crippen LogP contribution in [0.3, 0.4) is 0 Å². The minimum Gasteiger partial charge on any atom is -0.467 e. The van der Waals surface area contributed by atoms with Gasteiger partial charge in [-0.15, -0.1) is 0 Å². The molecule has 14 heteroatoms. The summed E-state index contributed by atoms with van der Waals surface area (Å²) in [7, 11) is 1.12. The number of methoxy groups -OCH3 is 1. The van der Waals surface area contributed by atoms with Crippen LogP contribution in [0.5, 0.6) is 11.5 Å². The minimum atomic E-state index is -1.62. The van der Waals surface area contributed by atoms with Gasteiger partial charge in [0.25, 0.3) is 0 Å². The van der Waals surface area contributed by atoms with E-state index in [2.05, 4.69) is 0 Å². The van der Waals surface area contributed by atoms with Crippen LogP contribution in [-0.4, -0.2) is 73.4 Å². The van der Waals surface area contributed by atoms with E-state index in [-0.39, 0.29) is 12.6 Å². The van der Waals surface area contributed by atoms with Crippen LogP contribution in [-0.2, 0) is 42.9 Å². The maximum atomic E-state index is 13.1. The summed E-state index contributed by atoms with van der Waals surface area (Å²) < 4.78 is 38.9. The Bertz CT molecular complexity index is 1580. The van der Waals surface area contributed by atoms with Gasteiger partial charge in [-0.25, -0.2) is 9.78 Å². The Labute approximate surface area is 250 Å². The minimum absolute atomic E-state index is 0.00161. The number of hydrogen-bond donors (Lipinski definition) is 0. The highest BCUT2D eigenvalue weighted by Gasteiger charge is 2.56. The number of hydrogen-bond acceptors (Lipinski definition) is 13. The molecule has 1 aromatic heterocycles. The third kappa shape index (κ3) is 6.13. The molecule has 43 heavy (non-hydrogen) atoms. The summed E-state index contributed by atoms with van der Waals surface area (Å²) in [5, 5.41) is 1.11. The second-order valence-corrected chi connectivity index (χ2v) is 9.99. The second kappa shape index (κ2) is 12.3. The Balaban J connectivity index is 1.73. The van der Waals surface area contributed by atoms with Gasteiger partial charge in [-0.3, -0.25) is 19.3 Å². The lowest BCUT2D eigenvalue weighted by Gasteiger charge is -2.47. The smallest absolute Gasteiger partial charge is 0.339 e. The zero-order valence-corrected chi connectivity index (χ0v) is 24.2. The highest BCUT2D eigenvalue weighted by atomic mass is 35.5. The van der Waals surface area contributed by atoms with Gasteiger partial charge < -0.3 is 33.2 Å². The first-order chi connectivity index (χ1) is 20.6. The molecule has 5 unspecified atom stereocenters. The van der Waals surface area contributed by atoms with Gasteiger partial charge in [-0.05, 0) is 30.3 Å². The number of nitrogens with zero attached hydrogens (tertiary/aromatic N) is 2. The number of benzene rings is 2. The largest absolute Gasteiger partial charge is 0.467 e. The van der Waals surface area contributed by atoms with E-state index < -0.39 is 54.5 Å². The van der Waals surface area contributed by atoms with Crippen molar-refractivity contribution in [2.75, 3.05) is 18.8 Å². The first-order valence-corrected chi connectivity index (χ1v) is 13.4. The van der Waals surface area contributed by atoms with Crippen molar-refractivity contribution in [1.29, 1.82) is 0 Å². The fraction of sp³-hybridized carbons (Fsp3) is 0.345. The highest BCUT2D eigenvalue weighted by Crippen LogP contribution is 2.42. The Hall–Kier alpha value is -4.62. The lowest BCUT2D eigenvalue weighted by atomic mass is 9.95. The van der Waals surface area contributed by atoms with E-state index in [1.165, 1.54) is 4.90 Å². The van der Waals surface area contributed by atoms with E-state index in [4.69, 9.17) is 49.7 Å². The molecule has 1 fully saturated rings. The van der Waals surface area contributed by atoms with E-state index in [1.807, 2.05) is 6.07 Å². The molecule has 2 aliphatic heterocycles. The number of esters is 4. The van der Waals surface area contributed by atoms with E-state index in [0.29, 0.717) is 27.7 Å². The van der Waals surface area contributed by atoms with Crippen molar-refractivity contribution in [3.63, 3.8) is 0 Å². The fourth-order valence-corrected chi connectivity index (χ4v) is 5.21. The predicted octanol–water partition coefficient (Wildman–Crippen LogP) is 3.45. The first kappa shape index (κ1) is 29.9. The van der Waals surface area contributed by atoms with Crippen LogP contribution in [0.25, 0.3) is 10.9 Å². The topological polar surface area (TPSA) is 149 Å². The van der Waals surface area contributed by atoms with Gasteiger partial charge in [-0.2, -0.15) is 0 Å². The Kier molecular flexibility index (Phi) is 8.55. The maximum Gasteiger partial charge on any atom is 0.339 e. The monoisotopic (exact) mass is 614 g/mol. The molecular formula is C29H27ClN2O11. The number of halogens is 1. The van der Waals surface area contributed by atoms with E-state index in [1.54, 1.807) is 42.5 Å². The van der Waals surface area contributed by atoms with Crippen LogP contribution in [0.15, 0.2) is 48.5 Å². The maximum absolute atomic E-state index is 13.1. The molecular weight excluding hydrogens is 588 g/mol. The third-order valence-corrected chi connectivity index (χ3v) is 6.95. The van der Waals surface area contributed by atoms with Crippen LogP contribution in [0.4, 0.5) is 11.5 Å². The van der Waals surface area contributed by atoms with E-state index in [9.17, 15) is 19.2 Å². The second-order valence-electron chi connectivity index (χ2n) is 9.58. The van der Waals surface area contributed by atoms with Crippen molar-refractivity contribution in [1.82, 2.24) is 4.98 Å². The summed E-state index contributed by atoms with van der Waals surface area (Å²) in [6, 6.07) is 13.7. The standard InChI is InChI=1S/C29H27ClN2O11/c1-14(33)40-24-25(41-15(2)34)27(29(36)37-4)43-28(26(24)42-16(3)35)32(18-9-10-20-21(12-18)39-13-38-20)22-11-8-17-6-5-7-19(30)23(17)31-22/h5-12,24-28H,13H2,1-4H3. The van der Waals surface area contributed by atoms with Gasteiger partial charge in [0.1, 0.15) is 5.82 Å². The van der Waals surface area contributed by atoms with Crippen LogP contribution in [0.1, 0.15) is 20.8 Å². The summed E-state index contributed by atoms with van der Waals surface area (Å²) in [6.45, 7) is 3.37. The fourth-order valence-electron chi connectivity index (χ4n) is 4.98. The molecule has 13 nitrogen and oxygen atoms in total. The number of fused-ring (bicyclic) bond motifs is 2. The summed E-state index contributed by atoms with van der Waals surface area (Å²) in [5.41, 5.74) is 0.854. The third-order valence-electron chi connectivity index (χ3n) is 6.64. The molecule has 2 aromatic carbocycles. The van der Waals surface area contributed by atoms with Crippen LogP contribution >= 0.6 is 11.6 Å². The molecule has 0 bridgehead atoms. The summed E-state index contributed by atoms with van der Waals surface area (Å²) in [6.07, 6.45) is -7.52. The lowest BCUT2D eigenvalue weighted by Crippen LogP contribution is -2.66. The van der Waals surface area contributed by atoms with Crippen molar-refractivity contribution >= 4 is 57.9 Å². The number of rotatable bonds is 7. The van der Waals surface area contributed by atoms with Crippen LogP contribution in [0, 0.1) is 0 Å². The molecule has 5 atom stereocenters. The van der Waals surface area contributed by atoms with Gasteiger partial charge in [0.2, 0.25) is 6.79 Å². The molecule has 0 aliphatic carbocycles. The number of carbonyl (C=O) groups is 4. The molecule has 5 rings (SSSR count). The van der Waals surface area contributed by atoms with Crippen molar-refractivity contribution in [3.05, 3.63) is 53.6 Å². The van der Waals surface area contributed by atoms with Gasteiger partial charge in [0.05, 0.1) is 17.6 Å². The molecule has 226 valence electrons. The first-order valence-electron chi connectivity index (χ1n) is 13.1. The molecule has 0 spiro atoms. The number of pyridine rings is 1. The SMILES string of the molecule is COC(=O)C1OC(N(c2ccc3c(c2)OCO3)c2ccc3cccc(Cl)c3n2)C(OC(C)=O)C(OC(C)=O)C1OC(C)=O. The number of anilines is 2. The van der Waals surface area contributed by atoms with Crippen LogP contribution in [0.2, 0.25) is 5.02 Å². The summed E-state index contributed by atoms with van der Waals surface area (Å²) >= 11 is 6.49. The van der Waals surface area contributed by atoms with Crippen molar-refractivity contribution < 1.29 is 52.3 Å². The van der Waals surface area contributed by atoms with Gasteiger partial charge in [0.15, 0.2) is 42.1 Å². The zero-order chi connectivity index (χ0) is 30.8. The number of ether oxygens (including phenoxy) is 7. The quantitative estimate of drug-likeness (QED) is 0.283. The van der Waals surface area contributed by atoms with Gasteiger partial charge >= 0.3 is 23.9 Å². The van der Waals surface area contributed by atoms with Gasteiger partial charge in [-0.1, -0.05) is 23.7 Å². The normalized spacial score (nSPS) is 22.4. The molecule has 0 radical (unpaired) electrons. The molecule has 3 heterocycles. The molecule has 0 N–H and O–H groups in total. The lowest BCUT2D eigenvalue weighted by molar-refractivity contribution is -0.247. The highest BCUT2D eigenvalue weighted by molar-refractivity contribution is 6.35. The Morgan fingerprint density at radius 2 is 1.53 bits per heavy atom. The van der Waals surface area contributed by atoms with Crippen molar-refractivity contribution in [2.24, 2.45) is 0 Å². The van der Waals surface area contributed by atoms with Crippen molar-refractivity contribution in [3.8, 4) is 11.5 Å². The Morgan fingerprint density at radius 1 is 0.860 bits per heavy atom. The molecule has 3 aromatic rings. The summed E-state index contributed by atoms with van der Waals surface area (Å²) in [4.78, 5) is 56.2. The number of carbonyl (C=O) groups excluding carboxylic acids is 4. The molecule has 0 amide bonds. The molecule has 2 aliphatic rings. The summed E-state index contributed by atoms with van der Waals surface area (Å²) in [5.74, 6) is -2.17. The molecule has 0 saturated carbocycles. The Morgan fingerprint density at radius 3 is 2.23 bits per heavy atom. The predicted molar refractivity (Wildman–Crippen MR) is 149 cm³/mol.